The van der Waals surface area contributed by atoms with Gasteiger partial charge in [0.15, 0.2) is 5.65 Å². The van der Waals surface area contributed by atoms with Crippen molar-refractivity contribution in [1.29, 1.82) is 0 Å². The number of piperidine rings is 2. The molecule has 6 heterocycles. The molecule has 0 saturated carbocycles. The van der Waals surface area contributed by atoms with Crippen molar-refractivity contribution in [3.8, 4) is 16.3 Å². The van der Waals surface area contributed by atoms with Crippen LogP contribution in [0.15, 0.2) is 96.3 Å². The number of rotatable bonds is 8. The number of benzene rings is 2. The maximum Gasteiger partial charge on any atom is 0.265 e. The lowest BCUT2D eigenvalue weighted by Gasteiger charge is -2.43. The van der Waals surface area contributed by atoms with E-state index in [2.05, 4.69) is 9.97 Å². The van der Waals surface area contributed by atoms with Gasteiger partial charge in [-0.1, -0.05) is 42.5 Å². The van der Waals surface area contributed by atoms with Gasteiger partial charge in [0.2, 0.25) is 5.91 Å². The van der Waals surface area contributed by atoms with E-state index in [9.17, 15) is 19.5 Å². The number of anilines is 1. The van der Waals surface area contributed by atoms with Crippen molar-refractivity contribution in [3.05, 3.63) is 124 Å². The Kier molecular flexibility index (Phi) is 10.1. The zero-order chi connectivity index (χ0) is 39.1. The van der Waals surface area contributed by atoms with E-state index in [1.165, 1.54) is 22.2 Å². The molecule has 2 amide bonds. The molecule has 2 saturated heterocycles. The predicted molar refractivity (Wildman–Crippen MR) is 218 cm³/mol. The second-order valence-electron chi connectivity index (χ2n) is 15.3. The van der Waals surface area contributed by atoms with Gasteiger partial charge in [-0.2, -0.15) is 0 Å². The Morgan fingerprint density at radius 2 is 1.68 bits per heavy atom. The van der Waals surface area contributed by atoms with Crippen molar-refractivity contribution in [2.75, 3.05) is 45.2 Å². The number of fused-ring (bicyclic) bond motifs is 1. The van der Waals surface area contributed by atoms with E-state index in [-0.39, 0.29) is 35.8 Å². The third kappa shape index (κ3) is 7.12. The quantitative estimate of drug-likeness (QED) is 0.209. The average molecular weight is 771 g/mol. The number of aliphatic hydroxyl groups is 1. The van der Waals surface area contributed by atoms with Gasteiger partial charge < -0.3 is 19.8 Å². The molecule has 2 fully saturated rings. The number of pyridine rings is 1. The zero-order valence-corrected chi connectivity index (χ0v) is 32.9. The largest absolute Gasteiger partial charge is 0.388 e. The summed E-state index contributed by atoms with van der Waals surface area (Å²) >= 11 is 1.38. The third-order valence-electron chi connectivity index (χ3n) is 11.4. The van der Waals surface area contributed by atoms with Gasteiger partial charge >= 0.3 is 0 Å². The molecule has 0 unspecified atom stereocenters. The first-order valence-corrected chi connectivity index (χ1v) is 19.9. The van der Waals surface area contributed by atoms with E-state index >= 15 is 0 Å². The Balaban J connectivity index is 0.955. The molecule has 1 N–H and O–H groups in total. The van der Waals surface area contributed by atoms with Gasteiger partial charge in [0.1, 0.15) is 16.2 Å². The number of aromatic nitrogens is 5. The smallest absolute Gasteiger partial charge is 0.265 e. The molecule has 12 nitrogen and oxygen atoms in total. The number of hydrogen-bond acceptors (Lipinski definition) is 9. The van der Waals surface area contributed by atoms with Crippen LogP contribution >= 0.6 is 11.3 Å². The molecule has 2 aliphatic rings. The van der Waals surface area contributed by atoms with Gasteiger partial charge in [-0.05, 0) is 69.0 Å². The van der Waals surface area contributed by atoms with Crippen LogP contribution in [0.4, 0.5) is 5.69 Å². The summed E-state index contributed by atoms with van der Waals surface area (Å²) in [6.07, 6.45) is 6.34. The van der Waals surface area contributed by atoms with Crippen molar-refractivity contribution in [1.82, 2.24) is 33.9 Å². The lowest BCUT2D eigenvalue weighted by Crippen LogP contribution is -2.53. The average Bonchev–Trinajstić information content (AvgIpc) is 3.83. The highest BCUT2D eigenvalue weighted by molar-refractivity contribution is 7.17. The standard InChI is InChI=1S/C43H46N8O4S/c1-28-14-15-31(24-44-28)39-46-29(2)37(56-39)42(54)49-20-16-32(34(25-49)30-10-6-5-7-11-30)40(52)48-22-18-43(55,19-23-48)26-50-27-45-38-33(41(50)53)17-21-51(38)36-13-9-8-12-35(36)47(3)4/h5-15,17,21,24,27,32,34,55H,16,18-20,22-23,25-26H2,1-4H3/t32-,34+/m1/s1. The normalized spacial score (nSPS) is 18.3. The van der Waals surface area contributed by atoms with Crippen LogP contribution in [-0.4, -0.2) is 96.7 Å². The Labute approximate surface area is 329 Å². The first-order valence-electron chi connectivity index (χ1n) is 19.1. The topological polar surface area (TPSA) is 130 Å². The van der Waals surface area contributed by atoms with Gasteiger partial charge in [0.05, 0.1) is 34.6 Å². The highest BCUT2D eigenvalue weighted by Gasteiger charge is 2.42. The van der Waals surface area contributed by atoms with Crippen LogP contribution < -0.4 is 10.5 Å². The molecule has 0 bridgehead atoms. The molecule has 8 rings (SSSR count). The molecule has 2 atom stereocenters. The molecule has 6 aromatic rings. The van der Waals surface area contributed by atoms with Crippen LogP contribution in [0.25, 0.3) is 27.3 Å². The number of nitrogens with zero attached hydrogens (tertiary/aromatic N) is 8. The number of carbonyl (C=O) groups excluding carboxylic acids is 2. The van der Waals surface area contributed by atoms with Crippen LogP contribution in [0.5, 0.6) is 0 Å². The zero-order valence-electron chi connectivity index (χ0n) is 32.1. The number of hydrogen-bond donors (Lipinski definition) is 1. The highest BCUT2D eigenvalue weighted by Crippen LogP contribution is 2.37. The van der Waals surface area contributed by atoms with Crippen LogP contribution in [-0.2, 0) is 11.3 Å². The molecule has 2 aliphatic heterocycles. The second kappa shape index (κ2) is 15.1. The van der Waals surface area contributed by atoms with Gasteiger partial charge in [-0.15, -0.1) is 11.3 Å². The van der Waals surface area contributed by atoms with E-state index in [4.69, 9.17) is 4.98 Å². The summed E-state index contributed by atoms with van der Waals surface area (Å²) in [6, 6.07) is 23.6. The number of thiazole rings is 1. The van der Waals surface area contributed by atoms with Crippen molar-refractivity contribution < 1.29 is 14.7 Å². The summed E-state index contributed by atoms with van der Waals surface area (Å²) in [5, 5.41) is 13.0. The summed E-state index contributed by atoms with van der Waals surface area (Å²) in [4.78, 5) is 62.2. The van der Waals surface area contributed by atoms with Gasteiger partial charge in [0, 0.05) is 75.8 Å². The van der Waals surface area contributed by atoms with Crippen molar-refractivity contribution in [2.24, 2.45) is 5.92 Å². The van der Waals surface area contributed by atoms with Crippen LogP contribution in [0, 0.1) is 19.8 Å². The fourth-order valence-corrected chi connectivity index (χ4v) is 9.21. The Morgan fingerprint density at radius 3 is 2.41 bits per heavy atom. The fraction of sp³-hybridized carbons (Fsp3) is 0.349. The van der Waals surface area contributed by atoms with Gasteiger partial charge in [-0.25, -0.2) is 9.97 Å². The first-order chi connectivity index (χ1) is 27.0. The molecular weight excluding hydrogens is 725 g/mol. The highest BCUT2D eigenvalue weighted by atomic mass is 32.1. The van der Waals surface area contributed by atoms with E-state index in [0.29, 0.717) is 67.0 Å². The molecule has 2 aromatic carbocycles. The molecule has 56 heavy (non-hydrogen) atoms. The number of para-hydroxylation sites is 2. The maximum absolute atomic E-state index is 14.3. The summed E-state index contributed by atoms with van der Waals surface area (Å²) in [5.74, 6) is -0.542. The summed E-state index contributed by atoms with van der Waals surface area (Å²) < 4.78 is 3.41. The number of likely N-dealkylation sites (tertiary alicyclic amines) is 2. The minimum Gasteiger partial charge on any atom is -0.388 e. The Bertz CT molecular complexity index is 2450. The lowest BCUT2D eigenvalue weighted by atomic mass is 9.79. The van der Waals surface area contributed by atoms with E-state index in [0.717, 1.165) is 33.2 Å². The molecule has 0 aliphatic carbocycles. The lowest BCUT2D eigenvalue weighted by molar-refractivity contribution is -0.142. The van der Waals surface area contributed by atoms with Crippen LogP contribution in [0.1, 0.15) is 51.8 Å². The third-order valence-corrected chi connectivity index (χ3v) is 12.6. The van der Waals surface area contributed by atoms with Crippen LogP contribution in [0.2, 0.25) is 0 Å². The molecule has 288 valence electrons. The molecule has 13 heteroatoms. The van der Waals surface area contributed by atoms with Crippen molar-refractivity contribution >= 4 is 39.9 Å². The number of aryl methyl sites for hydroxylation is 2. The van der Waals surface area contributed by atoms with E-state index in [1.54, 1.807) is 12.3 Å². The molecule has 0 radical (unpaired) electrons. The second-order valence-corrected chi connectivity index (χ2v) is 16.3. The molecule has 0 spiro atoms. The minimum absolute atomic E-state index is 0.0377. The molecule has 4 aromatic heterocycles. The number of carbonyl (C=O) groups is 2. The van der Waals surface area contributed by atoms with Crippen molar-refractivity contribution in [2.45, 2.75) is 51.2 Å². The number of amides is 2. The van der Waals surface area contributed by atoms with E-state index < -0.39 is 5.60 Å². The first kappa shape index (κ1) is 37.3. The van der Waals surface area contributed by atoms with Crippen LogP contribution in [0.3, 0.4) is 0 Å². The van der Waals surface area contributed by atoms with Gasteiger partial charge in [0.25, 0.3) is 11.5 Å². The Morgan fingerprint density at radius 1 is 0.929 bits per heavy atom. The monoisotopic (exact) mass is 770 g/mol. The predicted octanol–water partition coefficient (Wildman–Crippen LogP) is 5.69. The fourth-order valence-electron chi connectivity index (χ4n) is 8.19. The molecular formula is C43H46N8O4S. The Hall–Kier alpha value is -5.66. The van der Waals surface area contributed by atoms with Gasteiger partial charge in [-0.3, -0.25) is 28.5 Å². The summed E-state index contributed by atoms with van der Waals surface area (Å²) in [5.41, 5.74) is 4.58. The maximum atomic E-state index is 14.3. The summed E-state index contributed by atoms with van der Waals surface area (Å²) in [7, 11) is 3.95. The van der Waals surface area contributed by atoms with E-state index in [1.807, 2.05) is 120 Å². The minimum atomic E-state index is -1.18. The SMILES string of the molecule is Cc1ccc(-c2nc(C)c(C(=O)N3CC[C@@H](C(=O)N4CCC(O)(Cn5cnc6c(ccn6-c6ccccc6N(C)C)c5=O)CC4)[C@H](c4ccccc4)C3)s2)cn1. The van der Waals surface area contributed by atoms with Crippen molar-refractivity contribution in [3.63, 3.8) is 0 Å². The summed E-state index contributed by atoms with van der Waals surface area (Å²) in [6.45, 7) is 5.49.